The van der Waals surface area contributed by atoms with E-state index in [-0.39, 0.29) is 11.5 Å². The van der Waals surface area contributed by atoms with Crippen LogP contribution >= 0.6 is 0 Å². The largest absolute Gasteiger partial charge is 0.373 e. The summed E-state index contributed by atoms with van der Waals surface area (Å²) in [4.78, 5) is 14.5. The fourth-order valence-corrected chi connectivity index (χ4v) is 2.69. The third-order valence-electron chi connectivity index (χ3n) is 4.37. The molecule has 1 fully saturated rings. The lowest BCUT2D eigenvalue weighted by molar-refractivity contribution is -0.112. The van der Waals surface area contributed by atoms with Crippen molar-refractivity contribution in [3.63, 3.8) is 0 Å². The van der Waals surface area contributed by atoms with Crippen LogP contribution in [0.4, 0.5) is 5.69 Å². The molecule has 1 amide bonds. The second kappa shape index (κ2) is 7.13. The predicted molar refractivity (Wildman–Crippen MR) is 88.3 cm³/mol. The molecule has 2 rings (SSSR count). The fourth-order valence-electron chi connectivity index (χ4n) is 2.69. The molecule has 1 aliphatic heterocycles. The summed E-state index contributed by atoms with van der Waals surface area (Å²) in [5.74, 6) is -0.339. The number of hydrogen-bond acceptors (Lipinski definition) is 3. The molecular formula is C18H23N3O. The first-order chi connectivity index (χ1) is 10.5. The SMILES string of the molecule is Cc1cccc(NC(=O)/C(C#N)=C\N2CCCCC2C)c1C. The maximum Gasteiger partial charge on any atom is 0.267 e. The lowest BCUT2D eigenvalue weighted by atomic mass is 10.0. The summed E-state index contributed by atoms with van der Waals surface area (Å²) in [6.07, 6.45) is 5.14. The number of aryl methyl sites for hydroxylation is 1. The number of nitrogens with zero attached hydrogens (tertiary/aromatic N) is 2. The van der Waals surface area contributed by atoms with Gasteiger partial charge in [-0.05, 0) is 57.2 Å². The molecule has 116 valence electrons. The molecule has 0 bridgehead atoms. The Hall–Kier alpha value is -2.28. The van der Waals surface area contributed by atoms with Gasteiger partial charge in [-0.2, -0.15) is 5.26 Å². The van der Waals surface area contributed by atoms with Gasteiger partial charge in [0.05, 0.1) is 0 Å². The van der Waals surface area contributed by atoms with E-state index >= 15 is 0 Å². The van der Waals surface area contributed by atoms with Crippen LogP contribution in [0.25, 0.3) is 0 Å². The van der Waals surface area contributed by atoms with Crippen molar-refractivity contribution < 1.29 is 4.79 Å². The van der Waals surface area contributed by atoms with E-state index in [1.165, 1.54) is 6.42 Å². The number of nitriles is 1. The summed E-state index contributed by atoms with van der Waals surface area (Å²) in [6.45, 7) is 7.01. The van der Waals surface area contributed by atoms with Crippen molar-refractivity contribution >= 4 is 11.6 Å². The Labute approximate surface area is 132 Å². The standard InChI is InChI=1S/C18H23N3O/c1-13-7-6-9-17(15(13)3)20-18(22)16(11-19)12-21-10-5-4-8-14(21)2/h6-7,9,12,14H,4-5,8,10H2,1-3H3,(H,20,22)/b16-12-. The second-order valence-electron chi connectivity index (χ2n) is 5.94. The molecule has 1 aliphatic rings. The van der Waals surface area contributed by atoms with Crippen LogP contribution in [0.1, 0.15) is 37.3 Å². The highest BCUT2D eigenvalue weighted by Crippen LogP contribution is 2.20. The number of amides is 1. The molecule has 0 saturated carbocycles. The summed E-state index contributed by atoms with van der Waals surface area (Å²) in [6, 6.07) is 8.18. The van der Waals surface area contributed by atoms with Crippen molar-refractivity contribution in [3.05, 3.63) is 41.1 Å². The van der Waals surface area contributed by atoms with E-state index in [1.807, 2.05) is 38.1 Å². The number of likely N-dealkylation sites (tertiary alicyclic amines) is 1. The van der Waals surface area contributed by atoms with Gasteiger partial charge in [-0.25, -0.2) is 0 Å². The molecule has 1 N–H and O–H groups in total. The Bertz CT molecular complexity index is 628. The van der Waals surface area contributed by atoms with Gasteiger partial charge in [0.25, 0.3) is 5.91 Å². The fraction of sp³-hybridized carbons (Fsp3) is 0.444. The summed E-state index contributed by atoms with van der Waals surface area (Å²) >= 11 is 0. The first-order valence-electron chi connectivity index (χ1n) is 7.78. The normalized spacial score (nSPS) is 18.7. The Kier molecular flexibility index (Phi) is 5.21. The highest BCUT2D eigenvalue weighted by Gasteiger charge is 2.18. The number of piperidine rings is 1. The quantitative estimate of drug-likeness (QED) is 0.686. The third-order valence-corrected chi connectivity index (χ3v) is 4.37. The van der Waals surface area contributed by atoms with Crippen molar-refractivity contribution in [2.24, 2.45) is 0 Å². The lowest BCUT2D eigenvalue weighted by Gasteiger charge is -2.32. The van der Waals surface area contributed by atoms with E-state index in [2.05, 4.69) is 17.1 Å². The van der Waals surface area contributed by atoms with Crippen LogP contribution in [0.2, 0.25) is 0 Å². The smallest absolute Gasteiger partial charge is 0.267 e. The molecule has 4 nitrogen and oxygen atoms in total. The zero-order valence-electron chi connectivity index (χ0n) is 13.5. The molecule has 1 saturated heterocycles. The summed E-state index contributed by atoms with van der Waals surface area (Å²) < 4.78 is 0. The van der Waals surface area contributed by atoms with Gasteiger partial charge in [0.1, 0.15) is 11.6 Å². The van der Waals surface area contributed by atoms with Crippen LogP contribution < -0.4 is 5.32 Å². The molecule has 1 unspecified atom stereocenters. The number of benzene rings is 1. The molecule has 0 radical (unpaired) electrons. The number of rotatable bonds is 3. The third kappa shape index (κ3) is 3.67. The van der Waals surface area contributed by atoms with E-state index in [0.29, 0.717) is 6.04 Å². The van der Waals surface area contributed by atoms with Gasteiger partial charge in [0, 0.05) is 24.5 Å². The predicted octanol–water partition coefficient (Wildman–Crippen LogP) is 3.52. The minimum Gasteiger partial charge on any atom is -0.373 e. The van der Waals surface area contributed by atoms with E-state index in [1.54, 1.807) is 6.20 Å². The van der Waals surface area contributed by atoms with Crippen molar-refractivity contribution in [2.45, 2.75) is 46.1 Å². The second-order valence-corrected chi connectivity index (χ2v) is 5.94. The first-order valence-corrected chi connectivity index (χ1v) is 7.78. The summed E-state index contributed by atoms with van der Waals surface area (Å²) in [7, 11) is 0. The lowest BCUT2D eigenvalue weighted by Crippen LogP contribution is -2.34. The van der Waals surface area contributed by atoms with Gasteiger partial charge in [-0.1, -0.05) is 12.1 Å². The maximum absolute atomic E-state index is 12.4. The van der Waals surface area contributed by atoms with Crippen molar-refractivity contribution in [1.29, 1.82) is 5.26 Å². The molecule has 1 heterocycles. The zero-order valence-corrected chi connectivity index (χ0v) is 13.5. The highest BCUT2D eigenvalue weighted by atomic mass is 16.1. The average molecular weight is 297 g/mol. The molecule has 0 aromatic heterocycles. The van der Waals surface area contributed by atoms with Gasteiger partial charge in [0.2, 0.25) is 0 Å². The van der Waals surface area contributed by atoms with Crippen molar-refractivity contribution in [1.82, 2.24) is 4.90 Å². The molecule has 1 aromatic rings. The Morgan fingerprint density at radius 1 is 1.41 bits per heavy atom. The van der Waals surface area contributed by atoms with Gasteiger partial charge in [0.15, 0.2) is 0 Å². The minimum atomic E-state index is -0.339. The van der Waals surface area contributed by atoms with E-state index in [4.69, 9.17) is 0 Å². The van der Waals surface area contributed by atoms with Crippen LogP contribution in [0.3, 0.4) is 0 Å². The van der Waals surface area contributed by atoms with Crippen LogP contribution in [0.15, 0.2) is 30.0 Å². The molecule has 4 heteroatoms. The summed E-state index contributed by atoms with van der Waals surface area (Å²) in [5, 5.41) is 12.2. The van der Waals surface area contributed by atoms with Gasteiger partial charge in [-0.3, -0.25) is 4.79 Å². The molecule has 0 spiro atoms. The zero-order chi connectivity index (χ0) is 16.1. The van der Waals surface area contributed by atoms with E-state index < -0.39 is 0 Å². The van der Waals surface area contributed by atoms with E-state index in [0.717, 1.165) is 36.2 Å². The first kappa shape index (κ1) is 16.1. The molecule has 1 aromatic carbocycles. The number of anilines is 1. The number of carbonyl (C=O) groups is 1. The van der Waals surface area contributed by atoms with Crippen LogP contribution in [0.5, 0.6) is 0 Å². The monoisotopic (exact) mass is 297 g/mol. The number of hydrogen-bond donors (Lipinski definition) is 1. The van der Waals surface area contributed by atoms with Crippen LogP contribution in [-0.4, -0.2) is 23.4 Å². The van der Waals surface area contributed by atoms with Gasteiger partial charge in [-0.15, -0.1) is 0 Å². The molecule has 1 atom stereocenters. The maximum atomic E-state index is 12.4. The molecule has 0 aliphatic carbocycles. The molecular weight excluding hydrogens is 274 g/mol. The van der Waals surface area contributed by atoms with Gasteiger partial charge >= 0.3 is 0 Å². The highest BCUT2D eigenvalue weighted by molar-refractivity contribution is 6.06. The minimum absolute atomic E-state index is 0.162. The number of carbonyl (C=O) groups excluding carboxylic acids is 1. The van der Waals surface area contributed by atoms with Gasteiger partial charge < -0.3 is 10.2 Å². The Balaban J connectivity index is 2.15. The Morgan fingerprint density at radius 2 is 2.18 bits per heavy atom. The number of nitrogens with one attached hydrogen (secondary N) is 1. The molecule has 22 heavy (non-hydrogen) atoms. The average Bonchev–Trinajstić information content (AvgIpc) is 2.51. The summed E-state index contributed by atoms with van der Waals surface area (Å²) in [5.41, 5.74) is 3.07. The van der Waals surface area contributed by atoms with Crippen LogP contribution in [-0.2, 0) is 4.79 Å². The van der Waals surface area contributed by atoms with Crippen molar-refractivity contribution in [3.8, 4) is 6.07 Å². The van der Waals surface area contributed by atoms with Crippen LogP contribution in [0, 0.1) is 25.2 Å². The van der Waals surface area contributed by atoms with E-state index in [9.17, 15) is 10.1 Å². The van der Waals surface area contributed by atoms with Crippen molar-refractivity contribution in [2.75, 3.05) is 11.9 Å². The topological polar surface area (TPSA) is 56.1 Å². The Morgan fingerprint density at radius 3 is 2.86 bits per heavy atom.